The molecule has 0 spiro atoms. The average Bonchev–Trinajstić information content (AvgIpc) is 3.92. The molecule has 0 saturated heterocycles. The summed E-state index contributed by atoms with van der Waals surface area (Å²) in [6, 6.07) is 23.0. The predicted octanol–water partition coefficient (Wildman–Crippen LogP) is 15.4. The van der Waals surface area contributed by atoms with Crippen molar-refractivity contribution < 1.29 is 22.5 Å². The molecule has 7 aromatic carbocycles. The largest absolute Gasteiger partial charge is 0.321 e. The monoisotopic (exact) mass is 838 g/mol. The third-order valence-electron chi connectivity index (χ3n) is 12.5. The molecule has 3 heterocycles. The van der Waals surface area contributed by atoms with Gasteiger partial charge < -0.3 is 9.80 Å². The lowest BCUT2D eigenvalue weighted by Gasteiger charge is -2.31. The van der Waals surface area contributed by atoms with Gasteiger partial charge in [-0.2, -0.15) is 8.78 Å². The van der Waals surface area contributed by atoms with Crippen LogP contribution in [-0.4, -0.2) is 16.2 Å². The van der Waals surface area contributed by atoms with Crippen molar-refractivity contribution in [2.75, 3.05) is 16.5 Å². The number of hydrogen-bond acceptors (Lipinski definition) is 3. The maximum atomic E-state index is 17.6. The summed E-state index contributed by atoms with van der Waals surface area (Å²) in [5.41, 5.74) is 5.81. The minimum absolute atomic E-state index is 0.0836. The van der Waals surface area contributed by atoms with Crippen molar-refractivity contribution in [3.63, 3.8) is 0 Å². The Kier molecular flexibility index (Phi) is 7.20. The SMILES string of the molecule is [2H]c1c([2H])c([2H])c(-c2c(C)c(C)c(C)c(-c3c([2H])c([2H])c([2H])c([2H])c3[2H])c2N2CN(c3cc(C)cc(C(F)(F)c4ccc5c6ccccc6n(-c6cc(C(C)(C)C)ccn6)c5c4)c3)c3ccccc32)c([2H])c1[2H]. The van der Waals surface area contributed by atoms with Crippen molar-refractivity contribution in [2.24, 2.45) is 0 Å². The van der Waals surface area contributed by atoms with E-state index in [1.54, 1.807) is 64.2 Å². The molecule has 0 atom stereocenters. The van der Waals surface area contributed by atoms with E-state index in [1.165, 1.54) is 18.2 Å². The van der Waals surface area contributed by atoms with E-state index >= 15 is 8.78 Å². The molecule has 0 aliphatic carbocycles. The van der Waals surface area contributed by atoms with Gasteiger partial charge in [0.05, 0.1) is 41.8 Å². The first-order valence-electron chi connectivity index (χ1n) is 25.9. The van der Waals surface area contributed by atoms with Gasteiger partial charge in [0, 0.05) is 44.9 Å². The highest BCUT2D eigenvalue weighted by Crippen LogP contribution is 2.53. The zero-order chi connectivity index (χ0) is 52.5. The summed E-state index contributed by atoms with van der Waals surface area (Å²) >= 11 is 0. The maximum absolute atomic E-state index is 17.6. The van der Waals surface area contributed by atoms with Crippen LogP contribution in [-0.2, 0) is 11.3 Å². The summed E-state index contributed by atoms with van der Waals surface area (Å²) in [7, 11) is 0. The van der Waals surface area contributed by atoms with E-state index in [0.29, 0.717) is 50.7 Å². The van der Waals surface area contributed by atoms with Crippen LogP contribution in [0.1, 0.15) is 73.4 Å². The first-order chi connectivity index (χ1) is 34.4. The Balaban J connectivity index is 1.18. The number of nitrogens with zero attached hydrogens (tertiary/aromatic N) is 4. The smallest absolute Gasteiger partial charge is 0.298 e. The normalized spacial score (nSPS) is 15.3. The Morgan fingerprint density at radius 2 is 1.17 bits per heavy atom. The van der Waals surface area contributed by atoms with Gasteiger partial charge in [-0.15, -0.1) is 0 Å². The molecule has 9 aromatic rings. The number of anilines is 4. The summed E-state index contributed by atoms with van der Waals surface area (Å²) in [6.07, 6.45) is 1.75. The number of benzene rings is 7. The Morgan fingerprint density at radius 3 is 1.83 bits per heavy atom. The topological polar surface area (TPSA) is 24.3 Å². The minimum Gasteiger partial charge on any atom is -0.321 e. The van der Waals surface area contributed by atoms with Gasteiger partial charge in [0.25, 0.3) is 5.92 Å². The Labute approximate surface area is 382 Å². The number of rotatable bonds is 7. The molecule has 1 aliphatic rings. The highest BCUT2D eigenvalue weighted by atomic mass is 19.3. The van der Waals surface area contributed by atoms with Crippen molar-refractivity contribution in [2.45, 2.75) is 59.8 Å². The van der Waals surface area contributed by atoms with E-state index in [4.69, 9.17) is 13.2 Å². The predicted molar refractivity (Wildman–Crippen MR) is 259 cm³/mol. The fraction of sp³-hybridized carbons (Fsp3) is 0.175. The van der Waals surface area contributed by atoms with Gasteiger partial charge in [0.15, 0.2) is 0 Å². The maximum Gasteiger partial charge on any atom is 0.298 e. The zero-order valence-electron chi connectivity index (χ0n) is 46.1. The molecule has 312 valence electrons. The second-order valence-corrected chi connectivity index (χ2v) is 17.3. The average molecular weight is 839 g/mol. The summed E-state index contributed by atoms with van der Waals surface area (Å²) in [6.45, 7) is 13.3. The molecule has 0 radical (unpaired) electrons. The van der Waals surface area contributed by atoms with E-state index < -0.39 is 66.3 Å². The lowest BCUT2D eigenvalue weighted by molar-refractivity contribution is 0.0429. The number of aromatic nitrogens is 2. The fourth-order valence-electron chi connectivity index (χ4n) is 9.08. The van der Waals surface area contributed by atoms with Crippen LogP contribution < -0.4 is 9.80 Å². The number of aryl methyl sites for hydroxylation is 1. The Bertz CT molecular complexity index is 3670. The van der Waals surface area contributed by atoms with Crippen LogP contribution >= 0.6 is 0 Å². The van der Waals surface area contributed by atoms with E-state index in [-0.39, 0.29) is 51.2 Å². The van der Waals surface area contributed by atoms with Gasteiger partial charge in [-0.05, 0) is 127 Å². The van der Waals surface area contributed by atoms with Crippen LogP contribution in [0.25, 0.3) is 49.9 Å². The standard InChI is InChI=1S/C57H50F2N4/c1-36-30-44(57(58,59)43-26-27-47-46-22-14-15-23-48(46)63(51(47)33-43)52-34-42(28-29-60-52)56(5,6)7)32-45(31-36)61-35-62(50-25-17-16-24-49(50)61)55-53(40-18-10-8-11-19-40)38(3)37(2)39(4)54(55)41-20-12-9-13-21-41/h8-34H,35H2,1-7H3/i8D,9D,10D,11D,12D,13D,18D,19D,20D,21D. The molecule has 0 N–H and O–H groups in total. The number of alkyl halides is 2. The van der Waals surface area contributed by atoms with Gasteiger partial charge in [-0.3, -0.25) is 4.57 Å². The summed E-state index contributed by atoms with van der Waals surface area (Å²) < 4.78 is 126. The molecular formula is C57H50F2N4. The van der Waals surface area contributed by atoms with Crippen LogP contribution in [0.5, 0.6) is 0 Å². The fourth-order valence-corrected chi connectivity index (χ4v) is 9.08. The molecule has 0 saturated carbocycles. The number of para-hydroxylation sites is 3. The molecule has 0 unspecified atom stereocenters. The molecule has 1 aliphatic heterocycles. The van der Waals surface area contributed by atoms with E-state index in [0.717, 1.165) is 21.9 Å². The summed E-state index contributed by atoms with van der Waals surface area (Å²) in [5.74, 6) is -2.92. The first kappa shape index (κ1) is 30.1. The Hall–Kier alpha value is -7.05. The van der Waals surface area contributed by atoms with Crippen molar-refractivity contribution in [3.05, 3.63) is 203 Å². The van der Waals surface area contributed by atoms with Crippen LogP contribution in [0.3, 0.4) is 0 Å². The first-order valence-corrected chi connectivity index (χ1v) is 20.9. The molecule has 4 nitrogen and oxygen atoms in total. The molecule has 2 aromatic heterocycles. The van der Waals surface area contributed by atoms with E-state index in [2.05, 4.69) is 20.8 Å². The highest BCUT2D eigenvalue weighted by Gasteiger charge is 2.38. The molecule has 0 amide bonds. The minimum atomic E-state index is -3.52. The lowest BCUT2D eigenvalue weighted by Crippen LogP contribution is -2.26. The van der Waals surface area contributed by atoms with Gasteiger partial charge in [0.2, 0.25) is 0 Å². The van der Waals surface area contributed by atoms with E-state index in [9.17, 15) is 5.48 Å². The zero-order valence-corrected chi connectivity index (χ0v) is 36.1. The van der Waals surface area contributed by atoms with Gasteiger partial charge in [-0.1, -0.05) is 124 Å². The molecule has 63 heavy (non-hydrogen) atoms. The van der Waals surface area contributed by atoms with Crippen LogP contribution in [0.15, 0.2) is 164 Å². The van der Waals surface area contributed by atoms with Crippen molar-refractivity contribution >= 4 is 44.6 Å². The molecule has 0 bridgehead atoms. The number of pyridine rings is 1. The summed E-state index contributed by atoms with van der Waals surface area (Å²) in [4.78, 5) is 8.40. The van der Waals surface area contributed by atoms with Crippen LogP contribution in [0.2, 0.25) is 0 Å². The molecule has 6 heteroatoms. The lowest BCUT2D eigenvalue weighted by atomic mass is 9.85. The second kappa shape index (κ2) is 15.1. The van der Waals surface area contributed by atoms with Crippen molar-refractivity contribution in [3.8, 4) is 28.1 Å². The van der Waals surface area contributed by atoms with Crippen molar-refractivity contribution in [1.82, 2.24) is 9.55 Å². The number of fused-ring (bicyclic) bond motifs is 4. The number of hydrogen-bond donors (Lipinski definition) is 0. The third kappa shape index (κ3) is 6.67. The third-order valence-corrected chi connectivity index (χ3v) is 12.5. The molecular weight excluding hydrogens is 779 g/mol. The van der Waals surface area contributed by atoms with Gasteiger partial charge in [0.1, 0.15) is 12.5 Å². The second-order valence-electron chi connectivity index (χ2n) is 17.3. The molecule has 0 fully saturated rings. The molecule has 10 rings (SSSR count). The Morgan fingerprint density at radius 1 is 0.571 bits per heavy atom. The summed E-state index contributed by atoms with van der Waals surface area (Å²) in [5, 5.41) is 1.69. The quantitative estimate of drug-likeness (QED) is 0.160. The van der Waals surface area contributed by atoms with Crippen LogP contribution in [0.4, 0.5) is 31.5 Å². The van der Waals surface area contributed by atoms with Gasteiger partial charge in [-0.25, -0.2) is 4.98 Å². The highest BCUT2D eigenvalue weighted by molar-refractivity contribution is 6.09. The number of halogens is 2. The van der Waals surface area contributed by atoms with E-state index in [1.807, 2.05) is 62.9 Å². The van der Waals surface area contributed by atoms with Crippen molar-refractivity contribution in [1.29, 1.82) is 0 Å². The van der Waals surface area contributed by atoms with Gasteiger partial charge >= 0.3 is 0 Å². The van der Waals surface area contributed by atoms with Crippen LogP contribution in [0, 0.1) is 27.7 Å².